The number of carbonyl (C=O) groups is 1. The molecule has 0 aliphatic carbocycles. The number of anilines is 2. The normalized spacial score (nSPS) is 20.6. The van der Waals surface area contributed by atoms with Crippen LogP contribution in [0, 0.1) is 0 Å². The molecule has 104 valence electrons. The lowest BCUT2D eigenvalue weighted by Gasteiger charge is -2.23. The molecule has 19 heavy (non-hydrogen) atoms. The summed E-state index contributed by atoms with van der Waals surface area (Å²) < 4.78 is 5.38. The van der Waals surface area contributed by atoms with Crippen molar-refractivity contribution in [3.05, 3.63) is 12.3 Å². The molecule has 1 aromatic rings. The molecule has 1 unspecified atom stereocenters. The first-order valence-corrected chi connectivity index (χ1v) is 6.32. The van der Waals surface area contributed by atoms with Crippen LogP contribution in [0.15, 0.2) is 12.3 Å². The molecule has 0 bridgehead atoms. The van der Waals surface area contributed by atoms with Crippen LogP contribution in [0.2, 0.25) is 0 Å². The highest BCUT2D eigenvalue weighted by Gasteiger charge is 2.15. The second kappa shape index (κ2) is 6.33. The summed E-state index contributed by atoms with van der Waals surface area (Å²) in [6.07, 6.45) is 3.66. The fraction of sp³-hybridized carbons (Fsp3) is 0.583. The number of aromatic nitrogens is 2. The lowest BCUT2D eigenvalue weighted by atomic mass is 10.1. The maximum atomic E-state index is 10.8. The predicted molar refractivity (Wildman–Crippen MR) is 70.2 cm³/mol. The van der Waals surface area contributed by atoms with E-state index in [1.165, 1.54) is 0 Å². The van der Waals surface area contributed by atoms with Gasteiger partial charge < -0.3 is 20.5 Å². The molecule has 1 aliphatic heterocycles. The second-order valence-corrected chi connectivity index (χ2v) is 4.53. The van der Waals surface area contributed by atoms with Crippen LogP contribution in [0.1, 0.15) is 19.8 Å². The van der Waals surface area contributed by atoms with Gasteiger partial charge in [0.15, 0.2) is 0 Å². The van der Waals surface area contributed by atoms with Gasteiger partial charge in [0.1, 0.15) is 11.9 Å². The molecule has 0 amide bonds. The molecule has 1 fully saturated rings. The molecule has 1 aromatic heterocycles. The van der Waals surface area contributed by atoms with E-state index in [1.54, 1.807) is 19.2 Å². The van der Waals surface area contributed by atoms with E-state index < -0.39 is 12.0 Å². The van der Waals surface area contributed by atoms with Crippen molar-refractivity contribution in [1.82, 2.24) is 9.97 Å². The van der Waals surface area contributed by atoms with Crippen LogP contribution >= 0.6 is 0 Å². The Morgan fingerprint density at radius 2 is 2.47 bits per heavy atom. The van der Waals surface area contributed by atoms with Crippen molar-refractivity contribution in [3.8, 4) is 0 Å². The molecule has 1 aliphatic rings. The molecular weight excluding hydrogens is 248 g/mol. The lowest BCUT2D eigenvalue weighted by Crippen LogP contribution is -2.30. The molecule has 7 heteroatoms. The molecule has 2 heterocycles. The van der Waals surface area contributed by atoms with Gasteiger partial charge in [-0.05, 0) is 25.8 Å². The van der Waals surface area contributed by atoms with Gasteiger partial charge in [0.05, 0.1) is 12.6 Å². The third-order valence-corrected chi connectivity index (χ3v) is 2.88. The van der Waals surface area contributed by atoms with Crippen molar-refractivity contribution in [1.29, 1.82) is 0 Å². The van der Waals surface area contributed by atoms with E-state index in [0.29, 0.717) is 18.4 Å². The standard InChI is InChI=1S/C12H18N4O3/c1-8(11(17)18)14-12-13-5-4-10(16-12)15-9-3-2-6-19-7-9/h4-5,8-9H,2-3,6-7H2,1H3,(H,17,18)(H2,13,14,15,16)/t8-,9?/m1/s1. The Morgan fingerprint density at radius 1 is 1.63 bits per heavy atom. The van der Waals surface area contributed by atoms with Gasteiger partial charge in [0.25, 0.3) is 0 Å². The first-order chi connectivity index (χ1) is 9.15. The van der Waals surface area contributed by atoms with Gasteiger partial charge in [-0.3, -0.25) is 4.79 Å². The van der Waals surface area contributed by atoms with E-state index in [1.807, 2.05) is 0 Å². The summed E-state index contributed by atoms with van der Waals surface area (Å²) in [7, 11) is 0. The lowest BCUT2D eigenvalue weighted by molar-refractivity contribution is -0.137. The Morgan fingerprint density at radius 3 is 3.16 bits per heavy atom. The maximum absolute atomic E-state index is 10.8. The molecule has 3 N–H and O–H groups in total. The number of aliphatic carboxylic acids is 1. The van der Waals surface area contributed by atoms with Crippen molar-refractivity contribution in [2.24, 2.45) is 0 Å². The SMILES string of the molecule is C[C@@H](Nc1nccc(NC2CCCOC2)n1)C(=O)O. The van der Waals surface area contributed by atoms with Gasteiger partial charge in [-0.2, -0.15) is 4.98 Å². The fourth-order valence-electron chi connectivity index (χ4n) is 1.83. The summed E-state index contributed by atoms with van der Waals surface area (Å²) in [6.45, 7) is 3.02. The van der Waals surface area contributed by atoms with E-state index in [9.17, 15) is 4.79 Å². The monoisotopic (exact) mass is 266 g/mol. The molecule has 0 saturated carbocycles. The molecule has 7 nitrogen and oxygen atoms in total. The van der Waals surface area contributed by atoms with Crippen LogP contribution < -0.4 is 10.6 Å². The molecule has 0 aromatic carbocycles. The molecule has 0 spiro atoms. The van der Waals surface area contributed by atoms with Crippen LogP contribution in [-0.2, 0) is 9.53 Å². The van der Waals surface area contributed by atoms with E-state index in [0.717, 1.165) is 19.4 Å². The second-order valence-electron chi connectivity index (χ2n) is 4.53. The molecular formula is C12H18N4O3. The average Bonchev–Trinajstić information content (AvgIpc) is 2.40. The van der Waals surface area contributed by atoms with Crippen molar-refractivity contribution in [3.63, 3.8) is 0 Å². The highest BCUT2D eigenvalue weighted by atomic mass is 16.5. The summed E-state index contributed by atoms with van der Waals surface area (Å²) in [5.74, 6) is 0.0323. The topological polar surface area (TPSA) is 96.4 Å². The molecule has 2 atom stereocenters. The zero-order chi connectivity index (χ0) is 13.7. The van der Waals surface area contributed by atoms with Crippen LogP contribution in [-0.4, -0.2) is 46.3 Å². The Hall–Kier alpha value is -1.89. The maximum Gasteiger partial charge on any atom is 0.325 e. The zero-order valence-electron chi connectivity index (χ0n) is 10.8. The molecule has 1 saturated heterocycles. The first-order valence-electron chi connectivity index (χ1n) is 6.32. The van der Waals surface area contributed by atoms with Gasteiger partial charge in [0, 0.05) is 12.8 Å². The van der Waals surface area contributed by atoms with E-state index in [-0.39, 0.29) is 6.04 Å². The summed E-state index contributed by atoms with van der Waals surface area (Å²) >= 11 is 0. The summed E-state index contributed by atoms with van der Waals surface area (Å²) in [4.78, 5) is 19.0. The first kappa shape index (κ1) is 13.5. The predicted octanol–water partition coefficient (Wildman–Crippen LogP) is 0.952. The number of carboxylic acid groups (broad SMARTS) is 1. The summed E-state index contributed by atoms with van der Waals surface area (Å²) in [6, 6.07) is 1.27. The van der Waals surface area contributed by atoms with Crippen LogP contribution in [0.3, 0.4) is 0 Å². The number of carboxylic acids is 1. The summed E-state index contributed by atoms with van der Waals surface area (Å²) in [5.41, 5.74) is 0. The number of nitrogens with one attached hydrogen (secondary N) is 2. The van der Waals surface area contributed by atoms with Crippen molar-refractivity contribution in [2.75, 3.05) is 23.8 Å². The Balaban J connectivity index is 1.96. The number of rotatable bonds is 5. The van der Waals surface area contributed by atoms with Gasteiger partial charge in [-0.25, -0.2) is 4.98 Å². The smallest absolute Gasteiger partial charge is 0.325 e. The third-order valence-electron chi connectivity index (χ3n) is 2.88. The minimum atomic E-state index is -0.942. The van der Waals surface area contributed by atoms with E-state index in [2.05, 4.69) is 20.6 Å². The van der Waals surface area contributed by atoms with Crippen molar-refractivity contribution in [2.45, 2.75) is 31.8 Å². The third kappa shape index (κ3) is 4.06. The Kier molecular flexibility index (Phi) is 4.51. The van der Waals surface area contributed by atoms with Crippen molar-refractivity contribution < 1.29 is 14.6 Å². The molecule has 2 rings (SSSR count). The zero-order valence-corrected chi connectivity index (χ0v) is 10.8. The number of hydrogen-bond donors (Lipinski definition) is 3. The minimum absolute atomic E-state index is 0.244. The van der Waals surface area contributed by atoms with Gasteiger partial charge >= 0.3 is 5.97 Å². The average molecular weight is 266 g/mol. The highest BCUT2D eigenvalue weighted by molar-refractivity contribution is 5.75. The fourth-order valence-corrected chi connectivity index (χ4v) is 1.83. The van der Waals surface area contributed by atoms with E-state index >= 15 is 0 Å². The molecule has 0 radical (unpaired) electrons. The highest BCUT2D eigenvalue weighted by Crippen LogP contribution is 2.13. The van der Waals surface area contributed by atoms with E-state index in [4.69, 9.17) is 9.84 Å². The van der Waals surface area contributed by atoms with Gasteiger partial charge in [0.2, 0.25) is 5.95 Å². The quantitative estimate of drug-likeness (QED) is 0.730. The van der Waals surface area contributed by atoms with Crippen LogP contribution in [0.25, 0.3) is 0 Å². The van der Waals surface area contributed by atoms with Gasteiger partial charge in [-0.1, -0.05) is 0 Å². The summed E-state index contributed by atoms with van der Waals surface area (Å²) in [5, 5.41) is 14.8. The number of ether oxygens (including phenoxy) is 1. The number of nitrogens with zero attached hydrogens (tertiary/aromatic N) is 2. The largest absolute Gasteiger partial charge is 0.480 e. The van der Waals surface area contributed by atoms with Crippen LogP contribution in [0.5, 0.6) is 0 Å². The Labute approximate surface area is 111 Å². The van der Waals surface area contributed by atoms with Crippen LogP contribution in [0.4, 0.5) is 11.8 Å². The number of hydrogen-bond acceptors (Lipinski definition) is 6. The minimum Gasteiger partial charge on any atom is -0.480 e. The Bertz CT molecular complexity index is 435. The van der Waals surface area contributed by atoms with Crippen molar-refractivity contribution >= 4 is 17.7 Å². The van der Waals surface area contributed by atoms with Gasteiger partial charge in [-0.15, -0.1) is 0 Å².